The van der Waals surface area contributed by atoms with Crippen molar-refractivity contribution in [2.45, 2.75) is 167 Å². The molecule has 0 amide bonds. The molecule has 12 heteroatoms. The topological polar surface area (TPSA) is 97.5 Å². The Bertz CT molecular complexity index is 1820. The Balaban J connectivity index is 2.32. The molecule has 0 saturated heterocycles. The van der Waals surface area contributed by atoms with Gasteiger partial charge in [-0.3, -0.25) is 4.79 Å². The number of nitrogens with one attached hydrogen (secondary N) is 1. The third-order valence-electron chi connectivity index (χ3n) is 14.4. The third-order valence-corrected chi connectivity index (χ3v) is 30.0. The zero-order chi connectivity index (χ0) is 46.8. The predicted molar refractivity (Wildman–Crippen MR) is 269 cm³/mol. The van der Waals surface area contributed by atoms with Crippen LogP contribution in [0.5, 0.6) is 11.5 Å². The maximum Gasteiger partial charge on any atom is 0.314 e. The Morgan fingerprint density at radius 1 is 0.762 bits per heavy atom. The molecule has 1 unspecified atom stereocenters. The van der Waals surface area contributed by atoms with Gasteiger partial charge in [0.2, 0.25) is 0 Å². The van der Waals surface area contributed by atoms with E-state index in [0.717, 1.165) is 69.9 Å². The minimum absolute atomic E-state index is 0.134. The van der Waals surface area contributed by atoms with E-state index in [1.165, 1.54) is 7.11 Å². The number of para-hydroxylation sites is 1. The van der Waals surface area contributed by atoms with E-state index in [1.807, 2.05) is 36.4 Å². The molecule has 0 bridgehead atoms. The van der Waals surface area contributed by atoms with Crippen LogP contribution in [0.15, 0.2) is 48.5 Å². The third kappa shape index (κ3) is 13.8. The first kappa shape index (κ1) is 54.4. The number of rotatable bonds is 29. The van der Waals surface area contributed by atoms with Gasteiger partial charge in [-0.25, -0.2) is 0 Å². The van der Waals surface area contributed by atoms with E-state index in [-0.39, 0.29) is 18.7 Å². The number of H-pyrrole nitrogens is 1. The van der Waals surface area contributed by atoms with Gasteiger partial charge in [0.25, 0.3) is 0 Å². The van der Waals surface area contributed by atoms with Gasteiger partial charge in [0.05, 0.1) is 40.0 Å². The molecule has 0 aliphatic rings. The highest BCUT2D eigenvalue weighted by Gasteiger charge is 2.47. The number of fused-ring (bicyclic) bond motifs is 1. The van der Waals surface area contributed by atoms with Gasteiger partial charge >= 0.3 is 5.97 Å². The fraction of sp³-hybridized carbons (Fsp3) is 0.667. The number of hydrogen-bond acceptors (Lipinski definition) is 8. The van der Waals surface area contributed by atoms with Crippen molar-refractivity contribution in [3.8, 4) is 23.0 Å². The molecule has 3 atom stereocenters. The van der Waals surface area contributed by atoms with Crippen molar-refractivity contribution in [3.63, 3.8) is 0 Å². The van der Waals surface area contributed by atoms with Crippen LogP contribution in [0, 0.1) is 17.4 Å². The van der Waals surface area contributed by atoms with Gasteiger partial charge in [0.1, 0.15) is 32.0 Å². The summed E-state index contributed by atoms with van der Waals surface area (Å²) in [6, 6.07) is 21.9. The molecule has 3 aromatic rings. The summed E-state index contributed by atoms with van der Waals surface area (Å²) >= 11 is 0. The largest absolute Gasteiger partial charge is 0.497 e. The van der Waals surface area contributed by atoms with Crippen molar-refractivity contribution in [2.75, 3.05) is 47.9 Å². The minimum Gasteiger partial charge on any atom is -0.497 e. The molecule has 1 N–H and O–H groups in total. The van der Waals surface area contributed by atoms with Gasteiger partial charge in [0.15, 0.2) is 16.6 Å². The maximum atomic E-state index is 14.3. The normalized spacial score (nSPS) is 14.4. The first-order chi connectivity index (χ1) is 30.1. The molecule has 0 fully saturated rings. The molecule has 0 aliphatic heterocycles. The van der Waals surface area contributed by atoms with Crippen LogP contribution >= 0.6 is 0 Å². The van der Waals surface area contributed by atoms with Crippen LogP contribution in [0.4, 0.5) is 0 Å². The van der Waals surface area contributed by atoms with Crippen LogP contribution in [0.1, 0.15) is 113 Å². The van der Waals surface area contributed by atoms with E-state index >= 15 is 0 Å². The molecular weight excluding hydrogens is 839 g/mol. The molecule has 9 nitrogen and oxygen atoms in total. The summed E-state index contributed by atoms with van der Waals surface area (Å²) in [7, 11) is -1.85. The highest BCUT2D eigenvalue weighted by molar-refractivity contribution is 6.90. The molecule has 63 heavy (non-hydrogen) atoms. The second kappa shape index (κ2) is 25.7. The molecule has 0 radical (unpaired) electrons. The van der Waals surface area contributed by atoms with Gasteiger partial charge in [-0.1, -0.05) is 107 Å². The first-order valence-corrected chi connectivity index (χ1v) is 31.3. The van der Waals surface area contributed by atoms with E-state index in [1.54, 1.807) is 14.2 Å². The van der Waals surface area contributed by atoms with Gasteiger partial charge in [-0.2, -0.15) is 0 Å². The van der Waals surface area contributed by atoms with Gasteiger partial charge < -0.3 is 37.5 Å². The standard InChI is InChI=1S/C51H85NO8Si3/c1-16-61(17-2,18-3)59-37-51(60-62(19-4,20-5)21-6,31-33-63(39(7)8,40(9)10)41(11)12)35-42(36-57-38-54-13)34-47(50(53)56-15)49-46(45-24-22-23-25-48(45)52-49)30-32-58-44-28-26-43(55-14)27-29-44/h22-29,39-42,47,52H,16-21,30,32,34-38H2,1-15H3/t42-,47?,51+/m1/s1. The molecule has 2 aromatic carbocycles. The number of benzene rings is 2. The Kier molecular flexibility index (Phi) is 22.2. The monoisotopic (exact) mass is 924 g/mol. The smallest absolute Gasteiger partial charge is 0.314 e. The second-order valence-corrected chi connectivity index (χ2v) is 33.6. The lowest BCUT2D eigenvalue weighted by Gasteiger charge is -2.44. The molecule has 0 spiro atoms. The summed E-state index contributed by atoms with van der Waals surface area (Å²) < 4.78 is 44.3. The number of aromatic nitrogens is 1. The highest BCUT2D eigenvalue weighted by Crippen LogP contribution is 2.43. The van der Waals surface area contributed by atoms with Crippen LogP contribution in [0.3, 0.4) is 0 Å². The number of carbonyl (C=O) groups excluding carboxylic acids is 1. The maximum absolute atomic E-state index is 14.3. The van der Waals surface area contributed by atoms with Crippen LogP contribution in [-0.4, -0.2) is 89.2 Å². The summed E-state index contributed by atoms with van der Waals surface area (Å²) in [6.45, 7) is 29.2. The van der Waals surface area contributed by atoms with E-state index in [0.29, 0.717) is 55.7 Å². The number of methoxy groups -OCH3 is 3. The quantitative estimate of drug-likeness (QED) is 0.0242. The molecule has 1 aromatic heterocycles. The SMILES string of the molecule is CC[Si](CC)(CC)OC[C@](C#C[Si](C(C)C)(C(C)C)C(C)C)(C[C@H](COCOC)CC(C(=O)OC)c1[nH]c2ccccc2c1CCOc1ccc(OC)cc1)O[Si](CC)(CC)CC. The Hall–Kier alpha value is -2.90. The van der Waals surface area contributed by atoms with Crippen LogP contribution in [0.2, 0.25) is 52.9 Å². The van der Waals surface area contributed by atoms with Crippen molar-refractivity contribution >= 4 is 41.6 Å². The van der Waals surface area contributed by atoms with Gasteiger partial charge in [-0.05, 0) is 108 Å². The number of carbonyl (C=O) groups is 1. The fourth-order valence-electron chi connectivity index (χ4n) is 10.1. The van der Waals surface area contributed by atoms with Crippen LogP contribution in [0.25, 0.3) is 10.9 Å². The minimum atomic E-state index is -2.31. The van der Waals surface area contributed by atoms with Crippen molar-refractivity contribution in [2.24, 2.45) is 5.92 Å². The predicted octanol–water partition coefficient (Wildman–Crippen LogP) is 13.1. The lowest BCUT2D eigenvalue weighted by molar-refractivity contribution is -0.143. The Labute approximate surface area is 385 Å². The molecule has 354 valence electrons. The Morgan fingerprint density at radius 3 is 1.86 bits per heavy atom. The van der Waals surface area contributed by atoms with Crippen molar-refractivity contribution in [3.05, 3.63) is 59.8 Å². The number of ether oxygens (including phenoxy) is 5. The molecule has 1 heterocycles. The molecule has 0 saturated carbocycles. The van der Waals surface area contributed by atoms with Crippen LogP contribution < -0.4 is 9.47 Å². The number of aromatic amines is 1. The average molecular weight is 924 g/mol. The number of hydrogen-bond donors (Lipinski definition) is 1. The van der Waals surface area contributed by atoms with E-state index < -0.39 is 36.2 Å². The fourth-order valence-corrected chi connectivity index (χ4v) is 21.0. The average Bonchev–Trinajstić information content (AvgIpc) is 3.65. The lowest BCUT2D eigenvalue weighted by Crippen LogP contribution is -2.53. The summed E-state index contributed by atoms with van der Waals surface area (Å²) in [5.74, 6) is 4.49. The van der Waals surface area contributed by atoms with Gasteiger partial charge in [-0.15, -0.1) is 5.54 Å². The highest BCUT2D eigenvalue weighted by atomic mass is 28.4. The van der Waals surface area contributed by atoms with E-state index in [4.69, 9.17) is 32.5 Å². The molecular formula is C51H85NO8Si3. The van der Waals surface area contributed by atoms with Crippen molar-refractivity contribution < 1.29 is 37.3 Å². The first-order valence-electron chi connectivity index (χ1n) is 24.0. The summed E-state index contributed by atoms with van der Waals surface area (Å²) in [5.41, 5.74) is 7.43. The zero-order valence-electron chi connectivity index (χ0n) is 42.0. The number of esters is 1. The van der Waals surface area contributed by atoms with E-state index in [9.17, 15) is 4.79 Å². The zero-order valence-corrected chi connectivity index (χ0v) is 45.0. The van der Waals surface area contributed by atoms with Crippen molar-refractivity contribution in [1.82, 2.24) is 4.98 Å². The molecule has 3 rings (SSSR count). The Morgan fingerprint density at radius 2 is 1.33 bits per heavy atom. The van der Waals surface area contributed by atoms with Crippen LogP contribution in [-0.2, 0) is 34.3 Å². The summed E-state index contributed by atoms with van der Waals surface area (Å²) in [6.07, 6.45) is 1.57. The van der Waals surface area contributed by atoms with Gasteiger partial charge in [0, 0.05) is 30.1 Å². The lowest BCUT2D eigenvalue weighted by atomic mass is 9.83. The van der Waals surface area contributed by atoms with Crippen molar-refractivity contribution in [1.29, 1.82) is 0 Å². The summed E-state index contributed by atoms with van der Waals surface area (Å²) in [4.78, 5) is 18.0. The summed E-state index contributed by atoms with van der Waals surface area (Å²) in [5, 5.41) is 1.06. The second-order valence-electron chi connectivity index (χ2n) is 18.5. The van der Waals surface area contributed by atoms with E-state index in [2.05, 4.69) is 112 Å². The molecule has 0 aliphatic carbocycles.